The van der Waals surface area contributed by atoms with Crippen LogP contribution in [0.5, 0.6) is 0 Å². The topological polar surface area (TPSA) is 28.2 Å². The van der Waals surface area contributed by atoms with Crippen molar-refractivity contribution in [2.45, 2.75) is 53.6 Å². The van der Waals surface area contributed by atoms with E-state index in [0.29, 0.717) is 6.04 Å². The fourth-order valence-corrected chi connectivity index (χ4v) is 2.85. The summed E-state index contributed by atoms with van der Waals surface area (Å²) in [5, 5.41) is 3.49. The van der Waals surface area contributed by atoms with Gasteiger partial charge < -0.3 is 10.2 Å². The number of nitrogens with one attached hydrogen (secondary N) is 1. The highest BCUT2D eigenvalue weighted by Gasteiger charge is 2.25. The normalized spacial score (nSPS) is 19.4. The second-order valence-corrected chi connectivity index (χ2v) is 6.75. The lowest BCUT2D eigenvalue weighted by atomic mass is 9.95. The van der Waals surface area contributed by atoms with E-state index < -0.39 is 0 Å². The first-order chi connectivity index (χ1) is 9.45. The van der Waals surface area contributed by atoms with Crippen LogP contribution in [0, 0.1) is 18.8 Å². The molecule has 0 saturated carbocycles. The molecule has 20 heavy (non-hydrogen) atoms. The zero-order chi connectivity index (χ0) is 14.7. The standard InChI is InChI=1S/C17H29N3/c1-12(2)16-6-7-20(11-16)17-9-15(8-14(5)19-17)10-18-13(3)4/h8-9,12-13,16,18H,6-7,10-11H2,1-5H3. The molecular formula is C17H29N3. The van der Waals surface area contributed by atoms with Gasteiger partial charge in [0.25, 0.3) is 0 Å². The van der Waals surface area contributed by atoms with Gasteiger partial charge in [-0.1, -0.05) is 27.7 Å². The Bertz CT molecular complexity index is 440. The molecule has 112 valence electrons. The second kappa shape index (κ2) is 6.57. The molecular weight excluding hydrogens is 246 g/mol. The molecule has 2 rings (SSSR count). The van der Waals surface area contributed by atoms with Crippen LogP contribution in [0.3, 0.4) is 0 Å². The highest BCUT2D eigenvalue weighted by molar-refractivity contribution is 5.43. The molecule has 1 aliphatic rings. The fourth-order valence-electron chi connectivity index (χ4n) is 2.85. The van der Waals surface area contributed by atoms with Crippen molar-refractivity contribution in [1.29, 1.82) is 0 Å². The van der Waals surface area contributed by atoms with Crippen LogP contribution < -0.4 is 10.2 Å². The van der Waals surface area contributed by atoms with Gasteiger partial charge in [-0.3, -0.25) is 0 Å². The molecule has 3 nitrogen and oxygen atoms in total. The SMILES string of the molecule is Cc1cc(CNC(C)C)cc(N2CCC(C(C)C)C2)n1. The van der Waals surface area contributed by atoms with Gasteiger partial charge >= 0.3 is 0 Å². The van der Waals surface area contributed by atoms with Crippen LogP contribution in [0.25, 0.3) is 0 Å². The number of aryl methyl sites for hydroxylation is 1. The molecule has 0 spiro atoms. The minimum Gasteiger partial charge on any atom is -0.356 e. The molecule has 0 radical (unpaired) electrons. The Morgan fingerprint density at radius 2 is 2.05 bits per heavy atom. The zero-order valence-electron chi connectivity index (χ0n) is 13.6. The molecule has 3 heteroatoms. The maximum atomic E-state index is 4.73. The molecule has 2 heterocycles. The van der Waals surface area contributed by atoms with E-state index in [9.17, 15) is 0 Å². The summed E-state index contributed by atoms with van der Waals surface area (Å²) in [7, 11) is 0. The molecule has 1 aromatic rings. The summed E-state index contributed by atoms with van der Waals surface area (Å²) in [6, 6.07) is 4.96. The van der Waals surface area contributed by atoms with Gasteiger partial charge in [-0.2, -0.15) is 0 Å². The predicted octanol–water partition coefficient (Wildman–Crippen LogP) is 3.37. The number of rotatable bonds is 5. The Morgan fingerprint density at radius 1 is 1.30 bits per heavy atom. The molecule has 1 N–H and O–H groups in total. The number of anilines is 1. The van der Waals surface area contributed by atoms with Gasteiger partial charge in [0.1, 0.15) is 5.82 Å². The first kappa shape index (κ1) is 15.3. The zero-order valence-corrected chi connectivity index (χ0v) is 13.6. The third-order valence-corrected chi connectivity index (χ3v) is 4.21. The highest BCUT2D eigenvalue weighted by Crippen LogP contribution is 2.27. The van der Waals surface area contributed by atoms with Crippen molar-refractivity contribution in [3.63, 3.8) is 0 Å². The van der Waals surface area contributed by atoms with Crippen LogP contribution in [-0.4, -0.2) is 24.1 Å². The monoisotopic (exact) mass is 275 g/mol. The van der Waals surface area contributed by atoms with E-state index in [1.165, 1.54) is 12.0 Å². The molecule has 1 fully saturated rings. The van der Waals surface area contributed by atoms with Crippen LogP contribution in [0.1, 0.15) is 45.4 Å². The summed E-state index contributed by atoms with van der Waals surface area (Å²) in [4.78, 5) is 7.19. The summed E-state index contributed by atoms with van der Waals surface area (Å²) in [5.41, 5.74) is 2.46. The van der Waals surface area contributed by atoms with E-state index in [2.05, 4.69) is 57.0 Å². The van der Waals surface area contributed by atoms with Crippen molar-refractivity contribution in [2.75, 3.05) is 18.0 Å². The number of hydrogen-bond acceptors (Lipinski definition) is 3. The van der Waals surface area contributed by atoms with E-state index in [1.807, 2.05) is 0 Å². The average Bonchev–Trinajstić information content (AvgIpc) is 2.85. The summed E-state index contributed by atoms with van der Waals surface area (Å²) in [6.07, 6.45) is 1.30. The lowest BCUT2D eigenvalue weighted by Crippen LogP contribution is -2.24. The van der Waals surface area contributed by atoms with Crippen molar-refractivity contribution >= 4 is 5.82 Å². The Hall–Kier alpha value is -1.09. The predicted molar refractivity (Wildman–Crippen MR) is 86.1 cm³/mol. The van der Waals surface area contributed by atoms with E-state index in [0.717, 1.165) is 43.0 Å². The Kier molecular flexibility index (Phi) is 5.03. The summed E-state index contributed by atoms with van der Waals surface area (Å²) in [5.74, 6) is 2.75. The molecule has 0 aliphatic carbocycles. The lowest BCUT2D eigenvalue weighted by molar-refractivity contribution is 0.422. The van der Waals surface area contributed by atoms with E-state index in [1.54, 1.807) is 0 Å². The van der Waals surface area contributed by atoms with Gasteiger partial charge in [-0.05, 0) is 42.9 Å². The summed E-state index contributed by atoms with van der Waals surface area (Å²) >= 11 is 0. The molecule has 1 aliphatic heterocycles. The Labute approximate surface area is 123 Å². The summed E-state index contributed by atoms with van der Waals surface area (Å²) < 4.78 is 0. The van der Waals surface area contributed by atoms with Crippen molar-refractivity contribution in [3.8, 4) is 0 Å². The maximum absolute atomic E-state index is 4.73. The second-order valence-electron chi connectivity index (χ2n) is 6.75. The largest absolute Gasteiger partial charge is 0.356 e. The van der Waals surface area contributed by atoms with E-state index in [4.69, 9.17) is 4.98 Å². The van der Waals surface area contributed by atoms with Gasteiger partial charge in [0.05, 0.1) is 0 Å². The van der Waals surface area contributed by atoms with E-state index >= 15 is 0 Å². The highest BCUT2D eigenvalue weighted by atomic mass is 15.2. The van der Waals surface area contributed by atoms with Crippen LogP contribution in [-0.2, 0) is 6.54 Å². The van der Waals surface area contributed by atoms with Gasteiger partial charge in [0.2, 0.25) is 0 Å². The van der Waals surface area contributed by atoms with Crippen LogP contribution in [0.2, 0.25) is 0 Å². The van der Waals surface area contributed by atoms with Crippen LogP contribution in [0.4, 0.5) is 5.82 Å². The molecule has 0 amide bonds. The lowest BCUT2D eigenvalue weighted by Gasteiger charge is -2.20. The first-order valence-corrected chi connectivity index (χ1v) is 7.91. The molecule has 1 unspecified atom stereocenters. The molecule has 0 bridgehead atoms. The number of nitrogens with zero attached hydrogens (tertiary/aromatic N) is 2. The number of hydrogen-bond donors (Lipinski definition) is 1. The summed E-state index contributed by atoms with van der Waals surface area (Å²) in [6.45, 7) is 14.4. The van der Waals surface area contributed by atoms with Gasteiger partial charge in [0, 0.05) is 31.4 Å². The van der Waals surface area contributed by atoms with Gasteiger partial charge in [-0.25, -0.2) is 4.98 Å². The molecule has 0 aromatic carbocycles. The van der Waals surface area contributed by atoms with Crippen molar-refractivity contribution in [1.82, 2.24) is 10.3 Å². The van der Waals surface area contributed by atoms with E-state index in [-0.39, 0.29) is 0 Å². The fraction of sp³-hybridized carbons (Fsp3) is 0.706. The minimum absolute atomic E-state index is 0.518. The molecule has 1 atom stereocenters. The number of pyridine rings is 1. The van der Waals surface area contributed by atoms with Gasteiger partial charge in [-0.15, -0.1) is 0 Å². The third-order valence-electron chi connectivity index (χ3n) is 4.21. The molecule has 1 saturated heterocycles. The maximum Gasteiger partial charge on any atom is 0.129 e. The Balaban J connectivity index is 2.08. The smallest absolute Gasteiger partial charge is 0.129 e. The third kappa shape index (κ3) is 3.95. The first-order valence-electron chi connectivity index (χ1n) is 7.91. The van der Waals surface area contributed by atoms with Gasteiger partial charge in [0.15, 0.2) is 0 Å². The molecule has 1 aromatic heterocycles. The van der Waals surface area contributed by atoms with Crippen molar-refractivity contribution in [3.05, 3.63) is 23.4 Å². The van der Waals surface area contributed by atoms with Crippen LogP contribution in [0.15, 0.2) is 12.1 Å². The van der Waals surface area contributed by atoms with Crippen molar-refractivity contribution in [2.24, 2.45) is 11.8 Å². The average molecular weight is 275 g/mol. The van der Waals surface area contributed by atoms with Crippen molar-refractivity contribution < 1.29 is 0 Å². The minimum atomic E-state index is 0.518. The van der Waals surface area contributed by atoms with Crippen LogP contribution >= 0.6 is 0 Å². The Morgan fingerprint density at radius 3 is 2.65 bits per heavy atom. The quantitative estimate of drug-likeness (QED) is 0.893. The number of aromatic nitrogens is 1.